The van der Waals surface area contributed by atoms with Crippen molar-refractivity contribution in [2.24, 2.45) is 0 Å². The maximum Gasteiger partial charge on any atom is 0.422 e. The number of rotatable bonds is 5. The van der Waals surface area contributed by atoms with E-state index in [9.17, 15) is 26.3 Å². The molecule has 2 aromatic heterocycles. The average Bonchev–Trinajstić information content (AvgIpc) is 2.65. The van der Waals surface area contributed by atoms with Crippen molar-refractivity contribution < 1.29 is 31.1 Å². The van der Waals surface area contributed by atoms with E-state index in [1.165, 1.54) is 19.1 Å². The lowest BCUT2D eigenvalue weighted by Crippen LogP contribution is -2.20. The zero-order chi connectivity index (χ0) is 23.8. The van der Waals surface area contributed by atoms with Gasteiger partial charge in [0, 0.05) is 0 Å². The van der Waals surface area contributed by atoms with Crippen LogP contribution in [0.25, 0.3) is 11.0 Å². The SMILES string of the molecule is Cc1nc(N[C@H](C)c2cccc(C(F)(F)F)c2C)c2cc(Br)c(OCC(F)(F)F)nc2n1. The molecule has 0 spiro atoms. The van der Waals surface area contributed by atoms with Gasteiger partial charge in [0.1, 0.15) is 11.6 Å². The summed E-state index contributed by atoms with van der Waals surface area (Å²) < 4.78 is 82.1. The quantitative estimate of drug-likeness (QED) is 0.385. The molecule has 2 heterocycles. The van der Waals surface area contributed by atoms with E-state index >= 15 is 0 Å². The van der Waals surface area contributed by atoms with Crippen molar-refractivity contribution >= 4 is 32.8 Å². The summed E-state index contributed by atoms with van der Waals surface area (Å²) >= 11 is 3.13. The second kappa shape index (κ2) is 8.72. The van der Waals surface area contributed by atoms with Gasteiger partial charge in [-0.15, -0.1) is 0 Å². The van der Waals surface area contributed by atoms with E-state index in [1.807, 2.05) is 0 Å². The molecule has 3 aromatic rings. The van der Waals surface area contributed by atoms with Crippen LogP contribution in [0.5, 0.6) is 5.88 Å². The van der Waals surface area contributed by atoms with Crippen LogP contribution in [0.2, 0.25) is 0 Å². The zero-order valence-electron chi connectivity index (χ0n) is 17.0. The standard InChI is InChI=1S/C20H17BrF6N4O/c1-9-12(5-4-6-14(9)20(25,26)27)10(2)28-16-13-7-15(21)18(32-8-19(22,23)24)31-17(13)30-11(3)29-16/h4-7,10H,8H2,1-3H3,(H,28,29,30,31)/t10-/m1/s1. The first-order valence-electron chi connectivity index (χ1n) is 9.24. The summed E-state index contributed by atoms with van der Waals surface area (Å²) in [6, 6.07) is 4.79. The van der Waals surface area contributed by atoms with Crippen molar-refractivity contribution in [1.29, 1.82) is 0 Å². The predicted octanol–water partition coefficient (Wildman–Crippen LogP) is 6.54. The smallest absolute Gasteiger partial charge is 0.422 e. The van der Waals surface area contributed by atoms with Gasteiger partial charge in [0.05, 0.1) is 21.5 Å². The van der Waals surface area contributed by atoms with E-state index in [2.05, 4.69) is 36.2 Å². The zero-order valence-corrected chi connectivity index (χ0v) is 18.6. The summed E-state index contributed by atoms with van der Waals surface area (Å²) in [5.74, 6) is 0.248. The molecule has 0 saturated heterocycles. The predicted molar refractivity (Wildman–Crippen MR) is 110 cm³/mol. The van der Waals surface area contributed by atoms with E-state index in [1.54, 1.807) is 19.9 Å². The Morgan fingerprint density at radius 1 is 1.06 bits per heavy atom. The number of benzene rings is 1. The highest BCUT2D eigenvalue weighted by molar-refractivity contribution is 9.10. The third-order valence-electron chi connectivity index (χ3n) is 4.59. The molecule has 0 radical (unpaired) electrons. The Morgan fingerprint density at radius 3 is 2.38 bits per heavy atom. The van der Waals surface area contributed by atoms with Crippen LogP contribution in [0, 0.1) is 13.8 Å². The van der Waals surface area contributed by atoms with Crippen LogP contribution in [0.15, 0.2) is 28.7 Å². The van der Waals surface area contributed by atoms with Crippen LogP contribution < -0.4 is 10.1 Å². The van der Waals surface area contributed by atoms with Crippen LogP contribution >= 0.6 is 15.9 Å². The first kappa shape index (κ1) is 24.0. The molecule has 1 aromatic carbocycles. The summed E-state index contributed by atoms with van der Waals surface area (Å²) in [7, 11) is 0. The molecule has 12 heteroatoms. The number of alkyl halides is 6. The maximum absolute atomic E-state index is 13.3. The minimum Gasteiger partial charge on any atom is -0.467 e. The normalized spacial score (nSPS) is 13.3. The first-order chi connectivity index (χ1) is 14.8. The van der Waals surface area contributed by atoms with Crippen molar-refractivity contribution in [3.8, 4) is 5.88 Å². The molecule has 5 nitrogen and oxygen atoms in total. The largest absolute Gasteiger partial charge is 0.467 e. The number of pyridine rings is 1. The number of fused-ring (bicyclic) bond motifs is 1. The molecule has 0 bridgehead atoms. The minimum atomic E-state index is -4.54. The average molecular weight is 523 g/mol. The van der Waals surface area contributed by atoms with Gasteiger partial charge in [-0.2, -0.15) is 31.3 Å². The minimum absolute atomic E-state index is 0.0772. The molecule has 0 aliphatic carbocycles. The van der Waals surface area contributed by atoms with Crippen molar-refractivity contribution in [1.82, 2.24) is 15.0 Å². The molecular weight excluding hydrogens is 506 g/mol. The molecule has 172 valence electrons. The fraction of sp³-hybridized carbons (Fsp3) is 0.350. The van der Waals surface area contributed by atoms with E-state index < -0.39 is 30.6 Å². The lowest BCUT2D eigenvalue weighted by Gasteiger charge is -2.21. The van der Waals surface area contributed by atoms with Crippen molar-refractivity contribution in [2.45, 2.75) is 39.2 Å². The van der Waals surface area contributed by atoms with Crippen LogP contribution in [-0.2, 0) is 6.18 Å². The second-order valence-corrected chi connectivity index (χ2v) is 7.91. The van der Waals surface area contributed by atoms with E-state index in [0.717, 1.165) is 6.07 Å². The van der Waals surface area contributed by atoms with Crippen LogP contribution in [-0.4, -0.2) is 27.7 Å². The summed E-state index contributed by atoms with van der Waals surface area (Å²) in [5.41, 5.74) is -0.157. The van der Waals surface area contributed by atoms with Gasteiger partial charge >= 0.3 is 12.4 Å². The Labute approximate surface area is 187 Å². The lowest BCUT2D eigenvalue weighted by molar-refractivity contribution is -0.154. The fourth-order valence-electron chi connectivity index (χ4n) is 3.20. The molecule has 0 unspecified atom stereocenters. The van der Waals surface area contributed by atoms with Gasteiger partial charge in [-0.3, -0.25) is 0 Å². The number of ether oxygens (including phenoxy) is 1. The molecule has 0 aliphatic heterocycles. The number of anilines is 1. The Morgan fingerprint density at radius 2 is 1.75 bits per heavy atom. The lowest BCUT2D eigenvalue weighted by atomic mass is 9.97. The summed E-state index contributed by atoms with van der Waals surface area (Å²) in [6.07, 6.45) is -9.03. The van der Waals surface area contributed by atoms with Crippen LogP contribution in [0.3, 0.4) is 0 Å². The van der Waals surface area contributed by atoms with Crippen molar-refractivity contribution in [2.75, 3.05) is 11.9 Å². The van der Waals surface area contributed by atoms with Gasteiger partial charge < -0.3 is 10.1 Å². The molecule has 0 aliphatic rings. The molecule has 0 fully saturated rings. The molecule has 1 atom stereocenters. The van der Waals surface area contributed by atoms with Gasteiger partial charge in [0.25, 0.3) is 0 Å². The molecule has 1 N–H and O–H groups in total. The number of halogens is 7. The summed E-state index contributed by atoms with van der Waals surface area (Å²) in [5, 5.41) is 3.42. The molecule has 0 saturated carbocycles. The van der Waals surface area contributed by atoms with E-state index in [4.69, 9.17) is 4.74 Å². The van der Waals surface area contributed by atoms with Crippen molar-refractivity contribution in [3.63, 3.8) is 0 Å². The van der Waals surface area contributed by atoms with Gasteiger partial charge in [0.2, 0.25) is 5.88 Å². The maximum atomic E-state index is 13.3. The van der Waals surface area contributed by atoms with Gasteiger partial charge in [-0.05, 0) is 60.0 Å². The fourth-order valence-corrected chi connectivity index (χ4v) is 3.63. The number of nitrogens with one attached hydrogen (secondary N) is 1. The first-order valence-corrected chi connectivity index (χ1v) is 10.0. The number of hydrogen-bond acceptors (Lipinski definition) is 5. The number of hydrogen-bond donors (Lipinski definition) is 1. The van der Waals surface area contributed by atoms with E-state index in [-0.39, 0.29) is 33.2 Å². The topological polar surface area (TPSA) is 59.9 Å². The van der Waals surface area contributed by atoms with Crippen molar-refractivity contribution in [3.05, 3.63) is 51.3 Å². The Kier molecular flexibility index (Phi) is 6.55. The highest BCUT2D eigenvalue weighted by Crippen LogP contribution is 2.36. The number of aryl methyl sites for hydroxylation is 1. The second-order valence-electron chi connectivity index (χ2n) is 7.05. The Bertz CT molecular complexity index is 1150. The van der Waals surface area contributed by atoms with Gasteiger partial charge in [0.15, 0.2) is 12.3 Å². The molecule has 3 rings (SSSR count). The monoisotopic (exact) mass is 522 g/mol. The van der Waals surface area contributed by atoms with E-state index in [0.29, 0.717) is 10.9 Å². The highest BCUT2D eigenvalue weighted by atomic mass is 79.9. The number of aromatic nitrogens is 3. The van der Waals surface area contributed by atoms with Gasteiger partial charge in [-0.25, -0.2) is 9.97 Å². The molecule has 0 amide bonds. The third-order valence-corrected chi connectivity index (χ3v) is 5.16. The highest BCUT2D eigenvalue weighted by Gasteiger charge is 2.33. The number of nitrogens with zero attached hydrogens (tertiary/aromatic N) is 3. The van der Waals surface area contributed by atoms with Crippen LogP contribution in [0.1, 0.15) is 35.5 Å². The summed E-state index contributed by atoms with van der Waals surface area (Å²) in [6.45, 7) is 3.10. The Hall–Kier alpha value is -2.63. The summed E-state index contributed by atoms with van der Waals surface area (Å²) in [4.78, 5) is 12.5. The van der Waals surface area contributed by atoms with Crippen LogP contribution in [0.4, 0.5) is 32.2 Å². The third kappa shape index (κ3) is 5.40. The molecule has 32 heavy (non-hydrogen) atoms. The van der Waals surface area contributed by atoms with Gasteiger partial charge in [-0.1, -0.05) is 12.1 Å². The Balaban J connectivity index is 1.98. The molecular formula is C20H17BrF6N4O.